The van der Waals surface area contributed by atoms with Crippen LogP contribution in [0.15, 0.2) is 18.5 Å². The number of aromatic nitrogens is 2. The van der Waals surface area contributed by atoms with Gasteiger partial charge in [-0.05, 0) is 38.4 Å². The van der Waals surface area contributed by atoms with Crippen molar-refractivity contribution in [1.29, 1.82) is 0 Å². The molecule has 2 heterocycles. The second kappa shape index (κ2) is 7.46. The van der Waals surface area contributed by atoms with Crippen LogP contribution < -0.4 is 15.2 Å². The molecular formula is C17H24N4O2. The summed E-state index contributed by atoms with van der Waals surface area (Å²) in [6, 6.07) is 3.71. The number of rotatable bonds is 6. The van der Waals surface area contributed by atoms with Crippen LogP contribution in [0, 0.1) is 0 Å². The SMILES string of the molecule is COc1cc2ncnc(N)c2cc1OCCCN1CCCCC1. The number of hydrogen-bond donors (Lipinski definition) is 1. The molecule has 1 aliphatic rings. The van der Waals surface area contributed by atoms with E-state index in [1.165, 1.54) is 38.7 Å². The van der Waals surface area contributed by atoms with Gasteiger partial charge in [-0.1, -0.05) is 6.42 Å². The number of methoxy groups -OCH3 is 1. The van der Waals surface area contributed by atoms with Crippen molar-refractivity contribution in [3.8, 4) is 11.5 Å². The molecule has 0 atom stereocenters. The average Bonchev–Trinajstić information content (AvgIpc) is 2.59. The zero-order valence-electron chi connectivity index (χ0n) is 13.6. The molecule has 0 saturated carbocycles. The summed E-state index contributed by atoms with van der Waals surface area (Å²) in [6.07, 6.45) is 6.46. The Bertz CT molecular complexity index is 656. The highest BCUT2D eigenvalue weighted by atomic mass is 16.5. The molecule has 3 rings (SSSR count). The number of ether oxygens (including phenoxy) is 2. The molecule has 1 saturated heterocycles. The Balaban J connectivity index is 1.63. The topological polar surface area (TPSA) is 73.5 Å². The standard InChI is InChI=1S/C17H24N4O2/c1-22-15-11-14-13(17(18)20-12-19-14)10-16(15)23-9-5-8-21-6-3-2-4-7-21/h10-12H,2-9H2,1H3,(H2,18,19,20). The van der Waals surface area contributed by atoms with E-state index in [1.54, 1.807) is 7.11 Å². The third-order valence-electron chi connectivity index (χ3n) is 4.28. The fourth-order valence-corrected chi connectivity index (χ4v) is 3.01. The van der Waals surface area contributed by atoms with Crippen LogP contribution in [0.1, 0.15) is 25.7 Å². The lowest BCUT2D eigenvalue weighted by atomic mass is 10.1. The molecule has 1 aromatic heterocycles. The van der Waals surface area contributed by atoms with E-state index < -0.39 is 0 Å². The molecule has 0 radical (unpaired) electrons. The van der Waals surface area contributed by atoms with Gasteiger partial charge >= 0.3 is 0 Å². The first kappa shape index (κ1) is 15.8. The number of benzene rings is 1. The molecule has 0 unspecified atom stereocenters. The number of piperidine rings is 1. The van der Waals surface area contributed by atoms with E-state index in [-0.39, 0.29) is 0 Å². The summed E-state index contributed by atoms with van der Waals surface area (Å²) < 4.78 is 11.3. The number of nitrogen functional groups attached to an aromatic ring is 1. The fraction of sp³-hybridized carbons (Fsp3) is 0.529. The van der Waals surface area contributed by atoms with E-state index >= 15 is 0 Å². The van der Waals surface area contributed by atoms with Crippen molar-refractivity contribution >= 4 is 16.7 Å². The maximum absolute atomic E-state index is 5.92. The number of likely N-dealkylation sites (tertiary alicyclic amines) is 1. The summed E-state index contributed by atoms with van der Waals surface area (Å²) in [6.45, 7) is 4.17. The van der Waals surface area contributed by atoms with Gasteiger partial charge in [0.2, 0.25) is 0 Å². The molecule has 23 heavy (non-hydrogen) atoms. The molecule has 1 fully saturated rings. The zero-order chi connectivity index (χ0) is 16.1. The van der Waals surface area contributed by atoms with Crippen LogP contribution in [-0.4, -0.2) is 48.2 Å². The van der Waals surface area contributed by atoms with Crippen LogP contribution in [0.25, 0.3) is 10.9 Å². The van der Waals surface area contributed by atoms with E-state index in [9.17, 15) is 0 Å². The van der Waals surface area contributed by atoms with Gasteiger partial charge in [0.15, 0.2) is 11.5 Å². The minimum atomic E-state index is 0.454. The van der Waals surface area contributed by atoms with Gasteiger partial charge < -0.3 is 20.1 Å². The number of nitrogens with zero attached hydrogens (tertiary/aromatic N) is 3. The largest absolute Gasteiger partial charge is 0.493 e. The van der Waals surface area contributed by atoms with Crippen LogP contribution in [-0.2, 0) is 0 Å². The molecule has 6 heteroatoms. The lowest BCUT2D eigenvalue weighted by Gasteiger charge is -2.26. The molecule has 1 aliphatic heterocycles. The summed E-state index contributed by atoms with van der Waals surface area (Å²) in [4.78, 5) is 10.8. The number of nitrogens with two attached hydrogens (primary N) is 1. The summed E-state index contributed by atoms with van der Waals surface area (Å²) in [7, 11) is 1.63. The Labute approximate surface area is 136 Å². The quantitative estimate of drug-likeness (QED) is 0.825. The highest BCUT2D eigenvalue weighted by Crippen LogP contribution is 2.33. The van der Waals surface area contributed by atoms with E-state index in [4.69, 9.17) is 15.2 Å². The second-order valence-electron chi connectivity index (χ2n) is 5.88. The molecule has 0 bridgehead atoms. The van der Waals surface area contributed by atoms with Crippen LogP contribution in [0.5, 0.6) is 11.5 Å². The maximum atomic E-state index is 5.92. The minimum absolute atomic E-state index is 0.454. The monoisotopic (exact) mass is 316 g/mol. The predicted molar refractivity (Wildman–Crippen MR) is 90.9 cm³/mol. The van der Waals surface area contributed by atoms with E-state index in [0.29, 0.717) is 23.9 Å². The Morgan fingerprint density at radius 1 is 1.13 bits per heavy atom. The highest BCUT2D eigenvalue weighted by molar-refractivity contribution is 5.90. The van der Waals surface area contributed by atoms with Gasteiger partial charge in [0.05, 0.1) is 19.2 Å². The molecule has 0 spiro atoms. The lowest BCUT2D eigenvalue weighted by Crippen LogP contribution is -2.31. The van der Waals surface area contributed by atoms with Gasteiger partial charge in [0, 0.05) is 18.0 Å². The molecule has 2 N–H and O–H groups in total. The molecule has 0 amide bonds. The van der Waals surface area contributed by atoms with Crippen LogP contribution >= 0.6 is 0 Å². The van der Waals surface area contributed by atoms with Gasteiger partial charge in [-0.3, -0.25) is 0 Å². The van der Waals surface area contributed by atoms with Gasteiger partial charge in [0.1, 0.15) is 12.1 Å². The van der Waals surface area contributed by atoms with Gasteiger partial charge in [-0.25, -0.2) is 9.97 Å². The van der Waals surface area contributed by atoms with Crippen molar-refractivity contribution < 1.29 is 9.47 Å². The molecule has 6 nitrogen and oxygen atoms in total. The molecule has 2 aromatic rings. The number of hydrogen-bond acceptors (Lipinski definition) is 6. The third-order valence-corrected chi connectivity index (χ3v) is 4.28. The summed E-state index contributed by atoms with van der Waals surface area (Å²) in [5, 5.41) is 0.791. The fourth-order valence-electron chi connectivity index (χ4n) is 3.01. The maximum Gasteiger partial charge on any atom is 0.162 e. The average molecular weight is 316 g/mol. The number of anilines is 1. The molecule has 0 aliphatic carbocycles. The summed E-state index contributed by atoms with van der Waals surface area (Å²) >= 11 is 0. The smallest absolute Gasteiger partial charge is 0.162 e. The first-order valence-electron chi connectivity index (χ1n) is 8.21. The molecule has 124 valence electrons. The second-order valence-corrected chi connectivity index (χ2v) is 5.88. The molecule has 1 aromatic carbocycles. The van der Waals surface area contributed by atoms with Crippen LogP contribution in [0.4, 0.5) is 5.82 Å². The zero-order valence-corrected chi connectivity index (χ0v) is 13.6. The summed E-state index contributed by atoms with van der Waals surface area (Å²) in [5.41, 5.74) is 6.67. The van der Waals surface area contributed by atoms with Gasteiger partial charge in [-0.15, -0.1) is 0 Å². The molecular weight excluding hydrogens is 292 g/mol. The van der Waals surface area contributed by atoms with Crippen molar-refractivity contribution in [2.24, 2.45) is 0 Å². The minimum Gasteiger partial charge on any atom is -0.493 e. The van der Waals surface area contributed by atoms with Crippen molar-refractivity contribution in [3.63, 3.8) is 0 Å². The Kier molecular flexibility index (Phi) is 5.12. The predicted octanol–water partition coefficient (Wildman–Crippen LogP) is 2.48. The first-order chi connectivity index (χ1) is 11.3. The third kappa shape index (κ3) is 3.82. The first-order valence-corrected chi connectivity index (χ1v) is 8.21. The van der Waals surface area contributed by atoms with E-state index in [2.05, 4.69) is 14.9 Å². The van der Waals surface area contributed by atoms with Crippen molar-refractivity contribution in [2.75, 3.05) is 39.1 Å². The van der Waals surface area contributed by atoms with Crippen molar-refractivity contribution in [1.82, 2.24) is 14.9 Å². The van der Waals surface area contributed by atoms with Gasteiger partial charge in [-0.2, -0.15) is 0 Å². The number of fused-ring (bicyclic) bond motifs is 1. The van der Waals surface area contributed by atoms with Crippen LogP contribution in [0.2, 0.25) is 0 Å². The van der Waals surface area contributed by atoms with Crippen molar-refractivity contribution in [2.45, 2.75) is 25.7 Å². The van der Waals surface area contributed by atoms with E-state index in [1.807, 2.05) is 12.1 Å². The highest BCUT2D eigenvalue weighted by Gasteiger charge is 2.12. The van der Waals surface area contributed by atoms with E-state index in [0.717, 1.165) is 23.9 Å². The lowest BCUT2D eigenvalue weighted by molar-refractivity contribution is 0.203. The van der Waals surface area contributed by atoms with Crippen LogP contribution in [0.3, 0.4) is 0 Å². The summed E-state index contributed by atoms with van der Waals surface area (Å²) in [5.74, 6) is 1.82. The Morgan fingerprint density at radius 3 is 2.74 bits per heavy atom. The Hall–Kier alpha value is -2.08. The van der Waals surface area contributed by atoms with Gasteiger partial charge in [0.25, 0.3) is 0 Å². The normalized spacial score (nSPS) is 15.7. The van der Waals surface area contributed by atoms with Crippen molar-refractivity contribution in [3.05, 3.63) is 18.5 Å². The Morgan fingerprint density at radius 2 is 1.96 bits per heavy atom.